The first-order valence-electron chi connectivity index (χ1n) is 4.23. The van der Waals surface area contributed by atoms with Gasteiger partial charge in [-0.05, 0) is 41.5 Å². The lowest BCUT2D eigenvalue weighted by Gasteiger charge is -2.08. The molecule has 14 heavy (non-hydrogen) atoms. The van der Waals surface area contributed by atoms with Crippen LogP contribution in [0, 0.1) is 6.92 Å². The van der Waals surface area contributed by atoms with E-state index in [0.29, 0.717) is 15.6 Å². The van der Waals surface area contributed by atoms with E-state index in [9.17, 15) is 9.90 Å². The standard InChI is InChI=1S/C10H12BrNO2/c1-6-3-4-7(11)9(10(6)14)8(13)5-12-2/h3-4,12,14H,5H2,1-2H3. The lowest BCUT2D eigenvalue weighted by atomic mass is 10.1. The first kappa shape index (κ1) is 11.2. The number of likely N-dealkylation sites (N-methyl/N-ethyl adjacent to an activating group) is 1. The predicted octanol–water partition coefficient (Wildman–Crippen LogP) is 1.87. The summed E-state index contributed by atoms with van der Waals surface area (Å²) in [6, 6.07) is 3.52. The highest BCUT2D eigenvalue weighted by molar-refractivity contribution is 9.10. The van der Waals surface area contributed by atoms with Crippen LogP contribution in [0.4, 0.5) is 0 Å². The van der Waals surface area contributed by atoms with Gasteiger partial charge in [0.15, 0.2) is 5.78 Å². The molecule has 0 radical (unpaired) electrons. The second-order valence-electron chi connectivity index (χ2n) is 3.04. The average molecular weight is 258 g/mol. The molecule has 0 unspecified atom stereocenters. The van der Waals surface area contributed by atoms with E-state index in [0.717, 1.165) is 0 Å². The van der Waals surface area contributed by atoms with Crippen molar-refractivity contribution in [2.75, 3.05) is 13.6 Å². The number of aromatic hydroxyl groups is 1. The molecular weight excluding hydrogens is 246 g/mol. The van der Waals surface area contributed by atoms with Crippen LogP contribution in [0.25, 0.3) is 0 Å². The summed E-state index contributed by atoms with van der Waals surface area (Å²) in [5, 5.41) is 12.5. The highest BCUT2D eigenvalue weighted by atomic mass is 79.9. The largest absolute Gasteiger partial charge is 0.507 e. The van der Waals surface area contributed by atoms with Crippen LogP contribution < -0.4 is 5.32 Å². The third-order valence-electron chi connectivity index (χ3n) is 1.94. The second kappa shape index (κ2) is 4.57. The van der Waals surface area contributed by atoms with Gasteiger partial charge in [0.25, 0.3) is 0 Å². The number of carbonyl (C=O) groups excluding carboxylic acids is 1. The lowest BCUT2D eigenvalue weighted by molar-refractivity contribution is 0.0990. The van der Waals surface area contributed by atoms with E-state index < -0.39 is 0 Å². The molecule has 1 rings (SSSR count). The van der Waals surface area contributed by atoms with Gasteiger partial charge in [-0.3, -0.25) is 4.79 Å². The monoisotopic (exact) mass is 257 g/mol. The summed E-state index contributed by atoms with van der Waals surface area (Å²) in [5.74, 6) is -0.0693. The second-order valence-corrected chi connectivity index (χ2v) is 3.90. The first-order valence-corrected chi connectivity index (χ1v) is 5.03. The minimum atomic E-state index is -0.124. The molecule has 2 N–H and O–H groups in total. The summed E-state index contributed by atoms with van der Waals surface area (Å²) in [5.41, 5.74) is 1.05. The molecule has 0 aliphatic heterocycles. The van der Waals surface area contributed by atoms with Crippen LogP contribution >= 0.6 is 15.9 Å². The molecule has 0 aliphatic rings. The molecule has 4 heteroatoms. The van der Waals surface area contributed by atoms with Crippen LogP contribution in [0.5, 0.6) is 5.75 Å². The van der Waals surface area contributed by atoms with Crippen molar-refractivity contribution in [3.05, 3.63) is 27.7 Å². The molecule has 0 aliphatic carbocycles. The molecule has 0 atom stereocenters. The van der Waals surface area contributed by atoms with Crippen molar-refractivity contribution in [1.82, 2.24) is 5.32 Å². The maximum absolute atomic E-state index is 11.6. The van der Waals surface area contributed by atoms with E-state index in [1.54, 1.807) is 26.1 Å². The fourth-order valence-corrected chi connectivity index (χ4v) is 1.73. The Bertz CT molecular complexity index is 363. The number of rotatable bonds is 3. The number of halogens is 1. The van der Waals surface area contributed by atoms with Gasteiger partial charge >= 0.3 is 0 Å². The Kier molecular flexibility index (Phi) is 3.66. The van der Waals surface area contributed by atoms with Crippen molar-refractivity contribution in [1.29, 1.82) is 0 Å². The Balaban J connectivity index is 3.18. The van der Waals surface area contributed by atoms with Gasteiger partial charge < -0.3 is 10.4 Å². The highest BCUT2D eigenvalue weighted by Gasteiger charge is 2.15. The van der Waals surface area contributed by atoms with Crippen LogP contribution in [0.15, 0.2) is 16.6 Å². The zero-order valence-corrected chi connectivity index (χ0v) is 9.68. The quantitative estimate of drug-likeness (QED) is 0.813. The van der Waals surface area contributed by atoms with Crippen LogP contribution in [0.3, 0.4) is 0 Å². The van der Waals surface area contributed by atoms with Gasteiger partial charge in [-0.15, -0.1) is 0 Å². The summed E-state index contributed by atoms with van der Waals surface area (Å²) in [6.07, 6.45) is 0. The Morgan fingerprint density at radius 2 is 2.21 bits per heavy atom. The van der Waals surface area contributed by atoms with Crippen LogP contribution in [-0.4, -0.2) is 24.5 Å². The van der Waals surface area contributed by atoms with Gasteiger partial charge in [0.2, 0.25) is 0 Å². The van der Waals surface area contributed by atoms with Crippen molar-refractivity contribution in [3.63, 3.8) is 0 Å². The number of phenols is 1. The molecule has 0 spiro atoms. The van der Waals surface area contributed by atoms with E-state index >= 15 is 0 Å². The third kappa shape index (κ3) is 2.13. The molecule has 0 saturated heterocycles. The smallest absolute Gasteiger partial charge is 0.181 e. The number of hydrogen-bond acceptors (Lipinski definition) is 3. The van der Waals surface area contributed by atoms with Crippen LogP contribution in [0.1, 0.15) is 15.9 Å². The normalized spacial score (nSPS) is 10.2. The van der Waals surface area contributed by atoms with Gasteiger partial charge in [-0.2, -0.15) is 0 Å². The Labute approximate surface area is 91.3 Å². The minimum absolute atomic E-state index is 0.0552. The molecule has 1 aromatic rings. The molecule has 1 aromatic carbocycles. The van der Waals surface area contributed by atoms with Crippen molar-refractivity contribution in [2.24, 2.45) is 0 Å². The number of hydrogen-bond donors (Lipinski definition) is 2. The molecule has 0 aromatic heterocycles. The van der Waals surface area contributed by atoms with Gasteiger partial charge in [0, 0.05) is 4.47 Å². The van der Waals surface area contributed by atoms with Crippen molar-refractivity contribution >= 4 is 21.7 Å². The molecule has 0 fully saturated rings. The molecular formula is C10H12BrNO2. The fraction of sp³-hybridized carbons (Fsp3) is 0.300. The topological polar surface area (TPSA) is 49.3 Å². The van der Waals surface area contributed by atoms with Gasteiger partial charge in [0.05, 0.1) is 12.1 Å². The minimum Gasteiger partial charge on any atom is -0.507 e. The number of aryl methyl sites for hydroxylation is 1. The van der Waals surface area contributed by atoms with E-state index in [1.807, 2.05) is 0 Å². The molecule has 76 valence electrons. The lowest BCUT2D eigenvalue weighted by Crippen LogP contribution is -2.19. The predicted molar refractivity (Wildman–Crippen MR) is 58.8 cm³/mol. The van der Waals surface area contributed by atoms with Crippen LogP contribution in [0.2, 0.25) is 0 Å². The number of phenolic OH excluding ortho intramolecular Hbond substituents is 1. The highest BCUT2D eigenvalue weighted by Crippen LogP contribution is 2.29. The SMILES string of the molecule is CNCC(=O)c1c(Br)ccc(C)c1O. The summed E-state index contributed by atoms with van der Waals surface area (Å²) >= 11 is 3.24. The van der Waals surface area contributed by atoms with Gasteiger partial charge in [-0.1, -0.05) is 6.07 Å². The molecule has 0 bridgehead atoms. The number of carbonyl (C=O) groups is 1. The zero-order valence-electron chi connectivity index (χ0n) is 8.10. The summed E-state index contributed by atoms with van der Waals surface area (Å²) in [6.45, 7) is 1.98. The van der Waals surface area contributed by atoms with E-state index in [2.05, 4.69) is 21.2 Å². The summed E-state index contributed by atoms with van der Waals surface area (Å²) < 4.78 is 0.626. The fourth-order valence-electron chi connectivity index (χ4n) is 1.18. The third-order valence-corrected chi connectivity index (χ3v) is 2.61. The number of ketones is 1. The van der Waals surface area contributed by atoms with Crippen molar-refractivity contribution < 1.29 is 9.90 Å². The van der Waals surface area contributed by atoms with Crippen molar-refractivity contribution in [3.8, 4) is 5.75 Å². The summed E-state index contributed by atoms with van der Waals surface area (Å²) in [4.78, 5) is 11.6. The van der Waals surface area contributed by atoms with Crippen LogP contribution in [-0.2, 0) is 0 Å². The van der Waals surface area contributed by atoms with E-state index in [4.69, 9.17) is 0 Å². The van der Waals surface area contributed by atoms with Crippen molar-refractivity contribution in [2.45, 2.75) is 6.92 Å². The average Bonchev–Trinajstić information content (AvgIpc) is 2.13. The van der Waals surface area contributed by atoms with Gasteiger partial charge in [-0.25, -0.2) is 0 Å². The Hall–Kier alpha value is -0.870. The Morgan fingerprint density at radius 1 is 1.57 bits per heavy atom. The molecule has 0 amide bonds. The Morgan fingerprint density at radius 3 is 2.79 bits per heavy atom. The number of Topliss-reactive ketones (excluding diaryl/α,β-unsaturated/α-hetero) is 1. The molecule has 0 heterocycles. The van der Waals surface area contributed by atoms with Gasteiger partial charge in [0.1, 0.15) is 5.75 Å². The maximum atomic E-state index is 11.6. The first-order chi connectivity index (χ1) is 6.57. The molecule has 3 nitrogen and oxygen atoms in total. The molecule has 0 saturated carbocycles. The maximum Gasteiger partial charge on any atom is 0.181 e. The van der Waals surface area contributed by atoms with E-state index in [1.165, 1.54) is 0 Å². The number of nitrogens with one attached hydrogen (secondary N) is 1. The summed E-state index contributed by atoms with van der Waals surface area (Å²) in [7, 11) is 1.69. The van der Waals surface area contributed by atoms with E-state index in [-0.39, 0.29) is 18.1 Å². The number of benzene rings is 1. The zero-order chi connectivity index (χ0) is 10.7.